The molecule has 0 aliphatic carbocycles. The van der Waals surface area contributed by atoms with Crippen molar-refractivity contribution in [3.8, 4) is 0 Å². The Morgan fingerprint density at radius 2 is 0.487 bits per heavy atom. The van der Waals surface area contributed by atoms with Crippen LogP contribution in [0.15, 0.2) is 194 Å². The molecule has 0 aliphatic rings. The van der Waals surface area contributed by atoms with Crippen LogP contribution in [-0.4, -0.2) is 14.1 Å². The van der Waals surface area contributed by atoms with Gasteiger partial charge < -0.3 is 32.7 Å². The lowest BCUT2D eigenvalue weighted by Gasteiger charge is -2.06. The number of nitrogens with two attached hydrogens (primary N) is 2. The van der Waals surface area contributed by atoms with Gasteiger partial charge in [-0.05, 0) is 95.7 Å². The van der Waals surface area contributed by atoms with E-state index in [1.165, 1.54) is 21.8 Å². The fourth-order valence-electron chi connectivity index (χ4n) is 5.36. The fraction of sp³-hybridized carbons (Fsp3) is 0.405. The standard InChI is InChI=1S/C13H14N2.C12H12N2.C11H11N.C10H9N.14C2H6/c1-14-11-7-9-13(10-8-11)15-12-5-3-2-4-6-12;13-10-6-8-12(9-7-10)14-11-4-2-1-3-5-11;1-12-11-8-4-6-9-5-2-3-7-10(9)11;11-10-7-3-5-8-4-1-2-6-9(8)10;14*1-2/h2-10,14-15H,1H3;1-9,14H,13H2;2-8,12H,1H3;1-7H,11H2;14*1-2H3. The third kappa shape index (κ3) is 50.6. The van der Waals surface area contributed by atoms with Crippen LogP contribution >= 0.6 is 0 Å². The average molecular weight is 1100 g/mol. The first-order valence-corrected chi connectivity index (χ1v) is 31.2. The van der Waals surface area contributed by atoms with Crippen molar-refractivity contribution >= 4 is 67.0 Å². The van der Waals surface area contributed by atoms with Gasteiger partial charge in [-0.1, -0.05) is 303 Å². The molecule has 0 heterocycles. The van der Waals surface area contributed by atoms with E-state index in [-0.39, 0.29) is 0 Å². The molecule has 6 nitrogen and oxygen atoms in total. The molecule has 0 aliphatic heterocycles. The van der Waals surface area contributed by atoms with Crippen LogP contribution in [0.25, 0.3) is 21.5 Å². The summed E-state index contributed by atoms with van der Waals surface area (Å²) in [5.74, 6) is 0. The molecule has 0 aromatic heterocycles. The van der Waals surface area contributed by atoms with Crippen LogP contribution in [0.2, 0.25) is 0 Å². The van der Waals surface area contributed by atoms with Crippen molar-refractivity contribution in [2.24, 2.45) is 0 Å². The largest absolute Gasteiger partial charge is 0.399 e. The van der Waals surface area contributed by atoms with Crippen LogP contribution < -0.4 is 32.7 Å². The minimum atomic E-state index is 0.781. The van der Waals surface area contributed by atoms with E-state index in [2.05, 4.69) is 88.0 Å². The van der Waals surface area contributed by atoms with E-state index in [1.807, 2.05) is 335 Å². The van der Waals surface area contributed by atoms with Gasteiger partial charge in [0.2, 0.25) is 0 Å². The number of fused-ring (bicyclic) bond motifs is 2. The van der Waals surface area contributed by atoms with Crippen molar-refractivity contribution in [3.63, 3.8) is 0 Å². The Labute approximate surface area is 499 Å². The van der Waals surface area contributed by atoms with Gasteiger partial charge in [0.15, 0.2) is 0 Å². The molecule has 0 unspecified atom stereocenters. The molecule has 0 spiro atoms. The van der Waals surface area contributed by atoms with E-state index in [4.69, 9.17) is 11.5 Å². The van der Waals surface area contributed by atoms with E-state index in [1.54, 1.807) is 0 Å². The van der Waals surface area contributed by atoms with Gasteiger partial charge in [-0.2, -0.15) is 0 Å². The average Bonchev–Trinajstić information content (AvgIpc) is 3.59. The molecule has 0 saturated carbocycles. The number of nitrogen functional groups attached to an aromatic ring is 2. The molecule has 8 aromatic rings. The Morgan fingerprint density at radius 1 is 0.225 bits per heavy atom. The van der Waals surface area contributed by atoms with Gasteiger partial charge in [0, 0.05) is 70.4 Å². The third-order valence-corrected chi connectivity index (χ3v) is 8.09. The molecule has 8 rings (SSSR count). The van der Waals surface area contributed by atoms with Crippen LogP contribution in [0.4, 0.5) is 45.5 Å². The predicted octanol–water partition coefficient (Wildman–Crippen LogP) is 26.2. The molecule has 0 saturated heterocycles. The summed E-state index contributed by atoms with van der Waals surface area (Å²) in [6.45, 7) is 56.0. The van der Waals surface area contributed by atoms with Crippen LogP contribution in [0, 0.1) is 0 Å². The highest BCUT2D eigenvalue weighted by atomic mass is 14.9. The Morgan fingerprint density at radius 3 is 0.825 bits per heavy atom. The van der Waals surface area contributed by atoms with Gasteiger partial charge in [-0.25, -0.2) is 0 Å². The van der Waals surface area contributed by atoms with Crippen LogP contribution in [0.5, 0.6) is 0 Å². The molecule has 0 atom stereocenters. The second-order valence-corrected chi connectivity index (χ2v) is 11.8. The Hall–Kier alpha value is -6.92. The second-order valence-electron chi connectivity index (χ2n) is 11.8. The fourth-order valence-corrected chi connectivity index (χ4v) is 5.36. The molecular weight excluding hydrogens is 973 g/mol. The normalized spacial score (nSPS) is 7.47. The number of hydrogen-bond donors (Lipinski definition) is 6. The Balaban J connectivity index is -0.0000000891. The zero-order valence-corrected chi connectivity index (χ0v) is 57.6. The molecule has 6 heteroatoms. The van der Waals surface area contributed by atoms with Gasteiger partial charge in [0.1, 0.15) is 0 Å². The van der Waals surface area contributed by atoms with Crippen molar-refractivity contribution in [1.82, 2.24) is 0 Å². The zero-order chi connectivity index (χ0) is 64.4. The van der Waals surface area contributed by atoms with Crippen molar-refractivity contribution in [2.75, 3.05) is 46.8 Å². The smallest absolute Gasteiger partial charge is 0.0417 e. The minimum Gasteiger partial charge on any atom is -0.399 e. The summed E-state index contributed by atoms with van der Waals surface area (Å²) in [5, 5.41) is 17.8. The molecule has 456 valence electrons. The van der Waals surface area contributed by atoms with Gasteiger partial charge >= 0.3 is 0 Å². The molecule has 80 heavy (non-hydrogen) atoms. The molecule has 0 radical (unpaired) electrons. The van der Waals surface area contributed by atoms with E-state index in [9.17, 15) is 0 Å². The lowest BCUT2D eigenvalue weighted by atomic mass is 10.1. The molecule has 0 amide bonds. The molecule has 8 aromatic carbocycles. The SMILES string of the molecule is CC.CC.CC.CC.CC.CC.CC.CC.CC.CC.CC.CC.CC.CC.CNc1ccc(Nc2ccccc2)cc1.CNc1cccc2ccccc12.Nc1ccc(Nc2ccccc2)cc1.Nc1cccc2ccccc12. The number of nitrogens with one attached hydrogen (secondary N) is 4. The lowest BCUT2D eigenvalue weighted by Crippen LogP contribution is -1.91. The number of hydrogen-bond acceptors (Lipinski definition) is 6. The first-order chi connectivity index (χ1) is 39.5. The molecule has 8 N–H and O–H groups in total. The molecule has 0 bridgehead atoms. The minimum absolute atomic E-state index is 0.781. The van der Waals surface area contributed by atoms with Gasteiger partial charge in [0.05, 0.1) is 0 Å². The Bertz CT molecular complexity index is 2210. The summed E-state index contributed by atoms with van der Waals surface area (Å²) < 4.78 is 0. The monoisotopic (exact) mass is 1100 g/mol. The van der Waals surface area contributed by atoms with Crippen LogP contribution in [-0.2, 0) is 0 Å². The maximum atomic E-state index is 5.76. The Kier molecular flexibility index (Phi) is 103. The predicted molar refractivity (Wildman–Crippen MR) is 387 cm³/mol. The van der Waals surface area contributed by atoms with E-state index in [0.29, 0.717) is 0 Å². The van der Waals surface area contributed by atoms with Crippen molar-refractivity contribution < 1.29 is 0 Å². The highest BCUT2D eigenvalue weighted by Gasteiger charge is 1.97. The summed E-state index contributed by atoms with van der Waals surface area (Å²) in [6, 6.07) is 64.8. The summed E-state index contributed by atoms with van der Waals surface area (Å²) in [5.41, 5.74) is 19.6. The number of benzene rings is 8. The van der Waals surface area contributed by atoms with Gasteiger partial charge in [-0.3, -0.25) is 0 Å². The van der Waals surface area contributed by atoms with Crippen molar-refractivity contribution in [1.29, 1.82) is 0 Å². The van der Waals surface area contributed by atoms with Gasteiger partial charge in [-0.15, -0.1) is 0 Å². The molecule has 0 fully saturated rings. The maximum Gasteiger partial charge on any atom is 0.0417 e. The quantitative estimate of drug-likeness (QED) is 0.0928. The topological polar surface area (TPSA) is 100 Å². The molecular formula is C74H130N6. The third-order valence-electron chi connectivity index (χ3n) is 8.09. The number of anilines is 8. The van der Waals surface area contributed by atoms with Crippen LogP contribution in [0.3, 0.4) is 0 Å². The summed E-state index contributed by atoms with van der Waals surface area (Å²) in [6.07, 6.45) is 0. The summed E-state index contributed by atoms with van der Waals surface area (Å²) in [7, 11) is 3.86. The number of para-hydroxylation sites is 2. The highest BCUT2D eigenvalue weighted by molar-refractivity contribution is 5.94. The van der Waals surface area contributed by atoms with E-state index < -0.39 is 0 Å². The zero-order valence-electron chi connectivity index (χ0n) is 57.6. The second kappa shape index (κ2) is 86.0. The van der Waals surface area contributed by atoms with Crippen molar-refractivity contribution in [2.45, 2.75) is 194 Å². The maximum absolute atomic E-state index is 5.76. The number of rotatable bonds is 6. The van der Waals surface area contributed by atoms with Crippen LogP contribution in [0.1, 0.15) is 194 Å². The van der Waals surface area contributed by atoms with E-state index in [0.717, 1.165) is 45.2 Å². The summed E-state index contributed by atoms with van der Waals surface area (Å²) >= 11 is 0. The summed E-state index contributed by atoms with van der Waals surface area (Å²) in [4.78, 5) is 0. The first-order valence-electron chi connectivity index (χ1n) is 31.2. The van der Waals surface area contributed by atoms with Crippen molar-refractivity contribution in [3.05, 3.63) is 194 Å². The lowest BCUT2D eigenvalue weighted by molar-refractivity contribution is 1.49. The van der Waals surface area contributed by atoms with E-state index >= 15 is 0 Å². The van der Waals surface area contributed by atoms with Gasteiger partial charge in [0.25, 0.3) is 0 Å². The highest BCUT2D eigenvalue weighted by Crippen LogP contribution is 2.23. The first kappa shape index (κ1) is 95.4.